The van der Waals surface area contributed by atoms with E-state index in [9.17, 15) is 0 Å². The summed E-state index contributed by atoms with van der Waals surface area (Å²) in [5.74, 6) is 0. The quantitative estimate of drug-likeness (QED) is 0.0803. The van der Waals surface area contributed by atoms with Crippen LogP contribution in [-0.4, -0.2) is 0 Å². The highest BCUT2D eigenvalue weighted by Crippen LogP contribution is 2.27. The molecule has 0 unspecified atom stereocenters. The Kier molecular flexibility index (Phi) is 43.5. The van der Waals surface area contributed by atoms with Gasteiger partial charge in [-0.1, -0.05) is 342 Å². The molecule has 588 valence electrons. The Morgan fingerprint density at radius 2 is 0.536 bits per heavy atom. The van der Waals surface area contributed by atoms with Crippen LogP contribution in [0.2, 0.25) is 0 Å². The summed E-state index contributed by atoms with van der Waals surface area (Å²) in [4.78, 5) is 0. The van der Waals surface area contributed by atoms with Crippen molar-refractivity contribution < 1.29 is 0 Å². The van der Waals surface area contributed by atoms with E-state index in [0.29, 0.717) is 0 Å². The molecule has 0 aliphatic heterocycles. The summed E-state index contributed by atoms with van der Waals surface area (Å²) in [7, 11) is 0. The van der Waals surface area contributed by atoms with E-state index >= 15 is 0 Å². The summed E-state index contributed by atoms with van der Waals surface area (Å²) < 4.78 is 0. The number of rotatable bonds is 18. The van der Waals surface area contributed by atoms with E-state index in [1.165, 1.54) is 177 Å². The van der Waals surface area contributed by atoms with Crippen molar-refractivity contribution in [3.05, 3.63) is 351 Å². The van der Waals surface area contributed by atoms with E-state index in [1.807, 2.05) is 0 Å². The lowest BCUT2D eigenvalue weighted by Crippen LogP contribution is -1.93. The van der Waals surface area contributed by atoms with Gasteiger partial charge in [0.05, 0.1) is 0 Å². The first-order valence-electron chi connectivity index (χ1n) is 43.0. The van der Waals surface area contributed by atoms with Crippen LogP contribution < -0.4 is 0 Å². The molecule has 12 aromatic rings. The van der Waals surface area contributed by atoms with Gasteiger partial charge in [-0.2, -0.15) is 0 Å². The molecule has 0 aliphatic carbocycles. The first-order valence-corrected chi connectivity index (χ1v) is 43.0. The fraction of sp³-hybridized carbons (Fsp3) is 0.400. The van der Waals surface area contributed by atoms with Gasteiger partial charge in [-0.3, -0.25) is 0 Å². The zero-order chi connectivity index (χ0) is 81.2. The van der Waals surface area contributed by atoms with Crippen LogP contribution in [0.25, 0.3) is 32.3 Å². The summed E-state index contributed by atoms with van der Waals surface area (Å²) in [6.45, 7) is 57.2. The normalized spacial score (nSPS) is 10.4. The SMILES string of the molecule is CCc1cc(C)c2cc(CC)ccc2c1.CCc1cc(C)cc(CC)c1.CCc1ccc(C)c(CC)c1.CCc1ccc(C)cc1CC.CCc1ccc(CC)c(C)c1.CCc1ccc2c(C)c(CC)ccc2c1.CCc1ccc2c(C)cc(CC)cc2c1.CCc1cccc(C)c1CC.CCc1cccc(CC)c1. The first kappa shape index (κ1) is 93.8. The Labute approximate surface area is 674 Å². The lowest BCUT2D eigenvalue weighted by Gasteiger charge is -2.08. The van der Waals surface area contributed by atoms with Crippen LogP contribution >= 0.6 is 0 Å². The van der Waals surface area contributed by atoms with Crippen LogP contribution in [0.15, 0.2) is 206 Å². The molecule has 0 saturated heterocycles. The van der Waals surface area contributed by atoms with Crippen LogP contribution in [0, 0.1) is 55.4 Å². The third kappa shape index (κ3) is 30.3. The van der Waals surface area contributed by atoms with Gasteiger partial charge < -0.3 is 0 Å². The Morgan fingerprint density at radius 1 is 0.164 bits per heavy atom. The minimum atomic E-state index is 1.12. The highest BCUT2D eigenvalue weighted by molar-refractivity contribution is 5.89. The summed E-state index contributed by atoms with van der Waals surface area (Å²) in [5.41, 5.74) is 37.6. The minimum Gasteiger partial charge on any atom is -0.0617 e. The second kappa shape index (κ2) is 51.1. The molecule has 0 aliphatic rings. The van der Waals surface area contributed by atoms with Crippen LogP contribution in [-0.2, 0) is 116 Å². The monoisotopic (exact) mass is 1470 g/mol. The molecule has 0 heteroatoms. The molecule has 0 amide bonds. The molecule has 12 aromatic carbocycles. The Hall–Kier alpha value is -8.58. The minimum absolute atomic E-state index is 1.12. The average molecular weight is 1470 g/mol. The second-order valence-electron chi connectivity index (χ2n) is 29.9. The van der Waals surface area contributed by atoms with E-state index in [0.717, 1.165) is 116 Å². The second-order valence-corrected chi connectivity index (χ2v) is 29.9. The molecular formula is C110H148. The predicted molar refractivity (Wildman–Crippen MR) is 497 cm³/mol. The molecule has 0 bridgehead atoms. The van der Waals surface area contributed by atoms with Crippen molar-refractivity contribution >= 4 is 32.3 Å². The van der Waals surface area contributed by atoms with Crippen LogP contribution in [0.3, 0.4) is 0 Å². The fourth-order valence-electron chi connectivity index (χ4n) is 14.5. The zero-order valence-corrected chi connectivity index (χ0v) is 74.4. The van der Waals surface area contributed by atoms with E-state index in [4.69, 9.17) is 0 Å². The maximum Gasteiger partial charge on any atom is -0.0152 e. The largest absolute Gasteiger partial charge is 0.0617 e. The third-order valence-electron chi connectivity index (χ3n) is 22.0. The summed E-state index contributed by atoms with van der Waals surface area (Å²) >= 11 is 0. The smallest absolute Gasteiger partial charge is 0.0152 e. The van der Waals surface area contributed by atoms with Crippen LogP contribution in [0.1, 0.15) is 269 Å². The van der Waals surface area contributed by atoms with Crippen molar-refractivity contribution in [1.29, 1.82) is 0 Å². The standard InChI is InChI=1S/3C15H18.5C11H16.C10H14/c1-4-12-6-9-15-11(3)13(5-2)7-8-14(15)10-12;1-4-12-6-7-14-9-13(5-2)8-11(3)15(14)10-12;1-4-12-6-7-15-11(3)8-13(5-2)10-14(15)9-12;1-4-10-6-9(3)7-11(5-2)8-10;1-4-10-6-7-11(5-2)9(3)8-10;1-4-10-7-6-9(3)11(5-2)8-10;1-4-10-7-6-9(3)8-11(10)5-2;1-4-10-8-6-7-9(3)11(10)5-2;1-3-9-6-5-7-10(4-2)8-9/h3*6-10H,4-5H2,1-3H3;5*6-8H,4-5H2,1-3H3;5-8H,3-4H2,1-2H3. The van der Waals surface area contributed by atoms with Crippen LogP contribution in [0.5, 0.6) is 0 Å². The topological polar surface area (TPSA) is 0 Å². The molecule has 12 rings (SSSR count). The van der Waals surface area contributed by atoms with Gasteiger partial charge in [0, 0.05) is 0 Å². The molecule has 0 radical (unpaired) electrons. The highest BCUT2D eigenvalue weighted by Gasteiger charge is 2.07. The maximum absolute atomic E-state index is 2.32. The molecule has 0 saturated carbocycles. The van der Waals surface area contributed by atoms with Gasteiger partial charge in [0.25, 0.3) is 0 Å². The molecule has 0 atom stereocenters. The fourth-order valence-corrected chi connectivity index (χ4v) is 14.5. The Morgan fingerprint density at radius 3 is 1.05 bits per heavy atom. The molecule has 110 heavy (non-hydrogen) atoms. The molecule has 0 aromatic heterocycles. The van der Waals surface area contributed by atoms with E-state index in [1.54, 1.807) is 0 Å². The highest BCUT2D eigenvalue weighted by atomic mass is 14.1. The average Bonchev–Trinajstić information content (AvgIpc) is 0.817. The van der Waals surface area contributed by atoms with E-state index in [-0.39, 0.29) is 0 Å². The lowest BCUT2D eigenvalue weighted by molar-refractivity contribution is 1.02. The summed E-state index contributed by atoms with van der Waals surface area (Å²) in [5, 5.41) is 8.36. The Balaban J connectivity index is 0.000000262. The van der Waals surface area contributed by atoms with Crippen molar-refractivity contribution in [3.63, 3.8) is 0 Å². The molecule has 0 nitrogen and oxygen atoms in total. The first-order chi connectivity index (χ1) is 53.0. The third-order valence-corrected chi connectivity index (χ3v) is 22.0. The van der Waals surface area contributed by atoms with E-state index < -0.39 is 0 Å². The maximum atomic E-state index is 2.32. The van der Waals surface area contributed by atoms with Gasteiger partial charge in [0.15, 0.2) is 0 Å². The molecule has 0 heterocycles. The predicted octanol–water partition coefficient (Wildman–Crippen LogP) is 31.2. The lowest BCUT2D eigenvalue weighted by atomic mass is 9.97. The van der Waals surface area contributed by atoms with Gasteiger partial charge in [-0.15, -0.1) is 0 Å². The van der Waals surface area contributed by atoms with Crippen molar-refractivity contribution in [2.24, 2.45) is 0 Å². The number of fused-ring (bicyclic) bond motifs is 3. The van der Waals surface area contributed by atoms with Crippen molar-refractivity contribution in [2.45, 2.75) is 296 Å². The number of hydrogen-bond donors (Lipinski definition) is 0. The van der Waals surface area contributed by atoms with Crippen LogP contribution in [0.4, 0.5) is 0 Å². The van der Waals surface area contributed by atoms with Gasteiger partial charge in [-0.25, -0.2) is 0 Å². The number of aryl methyl sites for hydroxylation is 25. The molecule has 0 N–H and O–H groups in total. The Bertz CT molecular complexity index is 4610. The van der Waals surface area contributed by atoms with Crippen molar-refractivity contribution in [3.8, 4) is 0 Å². The van der Waals surface area contributed by atoms with Crippen molar-refractivity contribution in [1.82, 2.24) is 0 Å². The molecular weight excluding hydrogens is 1320 g/mol. The van der Waals surface area contributed by atoms with E-state index in [2.05, 4.69) is 386 Å². The van der Waals surface area contributed by atoms with Gasteiger partial charge in [-0.05, 0) is 337 Å². The number of hydrogen-bond acceptors (Lipinski definition) is 0. The summed E-state index contributed by atoms with van der Waals surface area (Å²) in [6, 6.07) is 76.6. The van der Waals surface area contributed by atoms with Crippen molar-refractivity contribution in [2.75, 3.05) is 0 Å². The van der Waals surface area contributed by atoms with Gasteiger partial charge >= 0.3 is 0 Å². The molecule has 0 spiro atoms. The van der Waals surface area contributed by atoms with Gasteiger partial charge in [0.2, 0.25) is 0 Å². The zero-order valence-electron chi connectivity index (χ0n) is 74.4. The number of benzene rings is 12. The molecule has 0 fully saturated rings. The van der Waals surface area contributed by atoms with Gasteiger partial charge in [0.1, 0.15) is 0 Å². The summed E-state index contributed by atoms with van der Waals surface area (Å²) in [6.07, 6.45) is 20.5.